The summed E-state index contributed by atoms with van der Waals surface area (Å²) in [6, 6.07) is 18.2. The quantitative estimate of drug-likeness (QED) is 0.447. The monoisotopic (exact) mass is 468 g/mol. The van der Waals surface area contributed by atoms with E-state index in [1.165, 1.54) is 35.7 Å². The Balaban J connectivity index is 1.97. The molecule has 0 aliphatic heterocycles. The molecule has 0 fully saturated rings. The third-order valence-electron chi connectivity index (χ3n) is 4.70. The van der Waals surface area contributed by atoms with E-state index in [1.807, 2.05) is 86.5 Å². The number of rotatable bonds is 8. The van der Waals surface area contributed by atoms with Crippen LogP contribution >= 0.6 is 23.5 Å². The number of aromatic carboxylic acids is 2. The highest BCUT2D eigenvalue weighted by Gasteiger charge is 2.20. The van der Waals surface area contributed by atoms with Crippen molar-refractivity contribution in [1.82, 2.24) is 0 Å². The van der Waals surface area contributed by atoms with Gasteiger partial charge in [0.1, 0.15) is 0 Å². The number of carboxylic acids is 2. The van der Waals surface area contributed by atoms with E-state index in [-0.39, 0.29) is 11.1 Å². The summed E-state index contributed by atoms with van der Waals surface area (Å²) in [4.78, 5) is 30.3. The minimum absolute atomic E-state index is 0.0732. The Kier molecular flexibility index (Phi) is 7.37. The van der Waals surface area contributed by atoms with Crippen molar-refractivity contribution in [2.45, 2.75) is 19.6 Å². The van der Waals surface area contributed by atoms with E-state index in [2.05, 4.69) is 0 Å². The lowest BCUT2D eigenvalue weighted by Gasteiger charge is -2.15. The van der Waals surface area contributed by atoms with Gasteiger partial charge in [0, 0.05) is 59.1 Å². The number of hydrogen-bond acceptors (Lipinski definition) is 6. The van der Waals surface area contributed by atoms with Gasteiger partial charge in [0.25, 0.3) is 0 Å². The van der Waals surface area contributed by atoms with Crippen LogP contribution in [-0.2, 0) is 0 Å². The number of carbonyl (C=O) groups is 2. The lowest BCUT2D eigenvalue weighted by molar-refractivity contribution is 0.0675. The van der Waals surface area contributed by atoms with Gasteiger partial charge in [0.2, 0.25) is 0 Å². The standard InChI is InChI=1S/C24H24N2O4S2/c1-25(2)15-5-9-17(10-6-15)31-21-13-20(24(29)30)22(14-19(21)23(27)28)32-18-11-7-16(8-12-18)26(3)4/h5-14H,1-4H3,(H,27,28)(H,29,30). The van der Waals surface area contributed by atoms with Crippen molar-refractivity contribution < 1.29 is 19.8 Å². The van der Waals surface area contributed by atoms with E-state index in [0.717, 1.165) is 21.2 Å². The Morgan fingerprint density at radius 1 is 0.625 bits per heavy atom. The second-order valence-electron chi connectivity index (χ2n) is 7.44. The van der Waals surface area contributed by atoms with Crippen molar-refractivity contribution >= 4 is 46.8 Å². The Labute approximate surface area is 195 Å². The number of nitrogens with zero attached hydrogens (tertiary/aromatic N) is 2. The molecule has 0 radical (unpaired) electrons. The summed E-state index contributed by atoms with van der Waals surface area (Å²) in [5, 5.41) is 19.6. The van der Waals surface area contributed by atoms with Crippen LogP contribution in [0.1, 0.15) is 20.7 Å². The molecule has 0 aliphatic carbocycles. The zero-order valence-corrected chi connectivity index (χ0v) is 19.8. The predicted molar refractivity (Wildman–Crippen MR) is 130 cm³/mol. The summed E-state index contributed by atoms with van der Waals surface area (Å²) < 4.78 is 0. The zero-order valence-electron chi connectivity index (χ0n) is 18.2. The average Bonchev–Trinajstić information content (AvgIpc) is 2.74. The molecule has 3 aromatic rings. The van der Waals surface area contributed by atoms with Gasteiger partial charge in [-0.1, -0.05) is 23.5 Å². The Morgan fingerprint density at radius 3 is 1.19 bits per heavy atom. The summed E-state index contributed by atoms with van der Waals surface area (Å²) >= 11 is 2.47. The maximum atomic E-state index is 12.0. The maximum absolute atomic E-state index is 12.0. The van der Waals surface area contributed by atoms with Crippen LogP contribution in [0.2, 0.25) is 0 Å². The summed E-state index contributed by atoms with van der Waals surface area (Å²) in [6.07, 6.45) is 0. The van der Waals surface area contributed by atoms with Crippen molar-refractivity contribution in [3.05, 3.63) is 71.8 Å². The molecule has 3 aromatic carbocycles. The van der Waals surface area contributed by atoms with Crippen LogP contribution < -0.4 is 9.80 Å². The molecule has 0 saturated heterocycles. The highest BCUT2D eigenvalue weighted by Crippen LogP contribution is 2.38. The summed E-state index contributed by atoms with van der Waals surface area (Å²) in [5.74, 6) is -2.20. The fourth-order valence-electron chi connectivity index (χ4n) is 2.94. The normalized spacial score (nSPS) is 10.6. The van der Waals surface area contributed by atoms with E-state index < -0.39 is 11.9 Å². The summed E-state index contributed by atoms with van der Waals surface area (Å²) in [6.45, 7) is 0. The van der Waals surface area contributed by atoms with Gasteiger partial charge in [-0.2, -0.15) is 0 Å². The zero-order chi connectivity index (χ0) is 23.4. The second kappa shape index (κ2) is 10.0. The first-order valence-electron chi connectivity index (χ1n) is 9.71. The molecule has 2 N–H and O–H groups in total. The molecular formula is C24H24N2O4S2. The van der Waals surface area contributed by atoms with Gasteiger partial charge in [-0.15, -0.1) is 0 Å². The van der Waals surface area contributed by atoms with Crippen molar-refractivity contribution in [2.24, 2.45) is 0 Å². The molecule has 0 saturated carbocycles. The first-order valence-corrected chi connectivity index (χ1v) is 11.3. The van der Waals surface area contributed by atoms with Gasteiger partial charge in [0.05, 0.1) is 11.1 Å². The lowest BCUT2D eigenvalue weighted by Crippen LogP contribution is -2.08. The third kappa shape index (κ3) is 5.57. The molecule has 0 atom stereocenters. The number of carboxylic acid groups (broad SMARTS) is 2. The van der Waals surface area contributed by atoms with Crippen molar-refractivity contribution in [2.75, 3.05) is 38.0 Å². The van der Waals surface area contributed by atoms with Crippen molar-refractivity contribution in [1.29, 1.82) is 0 Å². The maximum Gasteiger partial charge on any atom is 0.336 e. The van der Waals surface area contributed by atoms with Crippen LogP contribution in [0.5, 0.6) is 0 Å². The lowest BCUT2D eigenvalue weighted by atomic mass is 10.1. The Bertz CT molecular complexity index is 1040. The summed E-state index contributed by atoms with van der Waals surface area (Å²) in [5.41, 5.74) is 2.19. The van der Waals surface area contributed by atoms with Gasteiger partial charge in [-0.05, 0) is 60.7 Å². The molecule has 32 heavy (non-hydrogen) atoms. The minimum Gasteiger partial charge on any atom is -0.478 e. The molecule has 166 valence electrons. The van der Waals surface area contributed by atoms with Crippen LogP contribution in [0.4, 0.5) is 11.4 Å². The van der Waals surface area contributed by atoms with Gasteiger partial charge in [-0.3, -0.25) is 0 Å². The summed E-state index contributed by atoms with van der Waals surface area (Å²) in [7, 11) is 7.75. The van der Waals surface area contributed by atoms with E-state index in [9.17, 15) is 19.8 Å². The van der Waals surface area contributed by atoms with Gasteiger partial charge < -0.3 is 20.0 Å². The SMILES string of the molecule is CN(C)c1ccc(Sc2cc(C(=O)O)c(Sc3ccc(N(C)C)cc3)cc2C(=O)O)cc1. The molecular weight excluding hydrogens is 444 g/mol. The molecule has 0 bridgehead atoms. The fourth-order valence-corrected chi connectivity index (χ4v) is 4.86. The van der Waals surface area contributed by atoms with Gasteiger partial charge in [-0.25, -0.2) is 9.59 Å². The van der Waals surface area contributed by atoms with Gasteiger partial charge in [0.15, 0.2) is 0 Å². The minimum atomic E-state index is -1.10. The number of anilines is 2. The Hall–Kier alpha value is -3.10. The van der Waals surface area contributed by atoms with Gasteiger partial charge >= 0.3 is 11.9 Å². The highest BCUT2D eigenvalue weighted by molar-refractivity contribution is 8.00. The molecule has 0 aliphatic rings. The van der Waals surface area contributed by atoms with E-state index in [0.29, 0.717) is 9.79 Å². The molecule has 8 heteroatoms. The Morgan fingerprint density at radius 2 is 0.938 bits per heavy atom. The van der Waals surface area contributed by atoms with E-state index >= 15 is 0 Å². The van der Waals surface area contributed by atoms with Crippen molar-refractivity contribution in [3.8, 4) is 0 Å². The van der Waals surface area contributed by atoms with E-state index in [4.69, 9.17) is 0 Å². The molecule has 0 amide bonds. The molecule has 6 nitrogen and oxygen atoms in total. The first-order chi connectivity index (χ1) is 15.2. The van der Waals surface area contributed by atoms with Crippen molar-refractivity contribution in [3.63, 3.8) is 0 Å². The van der Waals surface area contributed by atoms with Crippen LogP contribution in [0.25, 0.3) is 0 Å². The number of benzene rings is 3. The largest absolute Gasteiger partial charge is 0.478 e. The molecule has 0 unspecified atom stereocenters. The number of hydrogen-bond donors (Lipinski definition) is 2. The average molecular weight is 469 g/mol. The second-order valence-corrected chi connectivity index (χ2v) is 9.67. The highest BCUT2D eigenvalue weighted by atomic mass is 32.2. The smallest absolute Gasteiger partial charge is 0.336 e. The molecule has 3 rings (SSSR count). The third-order valence-corrected chi connectivity index (χ3v) is 6.84. The van der Waals surface area contributed by atoms with Crippen LogP contribution in [0.15, 0.2) is 80.2 Å². The molecule has 0 spiro atoms. The molecule has 0 heterocycles. The predicted octanol–water partition coefficient (Wildman–Crippen LogP) is 5.52. The first kappa shape index (κ1) is 23.6. The fraction of sp³-hybridized carbons (Fsp3) is 0.167. The van der Waals surface area contributed by atoms with Crippen LogP contribution in [-0.4, -0.2) is 50.3 Å². The molecule has 0 aromatic heterocycles. The van der Waals surface area contributed by atoms with E-state index in [1.54, 1.807) is 0 Å². The van der Waals surface area contributed by atoms with Crippen LogP contribution in [0.3, 0.4) is 0 Å². The topological polar surface area (TPSA) is 81.1 Å². The van der Waals surface area contributed by atoms with Crippen LogP contribution in [0, 0.1) is 0 Å².